The van der Waals surface area contributed by atoms with E-state index in [1.807, 2.05) is 97.1 Å². The smallest absolute Gasteiger partial charge is 0.186 e. The number of para-hydroxylation sites is 1. The standard InChI is InChI=1S/C48H56O4S.C28H19N3/c1-45(2,3)35-25-31(26-36(43(35)49)46(4,5)6)41(29-15-19-33(51-13)20-16-29)39-23-24-40(53-39)42(30-17-21-34(52-14)22-18-30)32-27-37(47(7,8)9)44(50)38(28-32)48(10,11)12;29-20-23(21-30)19-22-11-15-27(16-12-22)31(26-9-5-2-6-10-26)28-17-13-25(14-18-28)24-7-3-1-4-8-24/h15-28H,1-14H3;1-19H. The molecule has 0 bridgehead atoms. The summed E-state index contributed by atoms with van der Waals surface area (Å²) in [7, 11) is 3.35. The summed E-state index contributed by atoms with van der Waals surface area (Å²) in [6.07, 6.45) is 9.99. The Hall–Kier alpha value is -9.08. The predicted molar refractivity (Wildman–Crippen MR) is 348 cm³/mol. The second-order valence-electron chi connectivity index (χ2n) is 25.1. The first-order valence-electron chi connectivity index (χ1n) is 28.3. The Morgan fingerprint density at radius 2 is 0.762 bits per heavy atom. The quantitative estimate of drug-likeness (QED) is 0.119. The van der Waals surface area contributed by atoms with Gasteiger partial charge in [-0.05, 0) is 164 Å². The minimum atomic E-state index is -0.350. The van der Waals surface area contributed by atoms with Crippen molar-refractivity contribution in [3.05, 3.63) is 260 Å². The molecule has 0 unspecified atom stereocenters. The molecule has 0 aliphatic heterocycles. The van der Waals surface area contributed by atoms with Crippen molar-refractivity contribution in [3.8, 4) is 34.8 Å². The summed E-state index contributed by atoms with van der Waals surface area (Å²) in [4.78, 5) is 32.3. The molecule has 0 radical (unpaired) electrons. The van der Waals surface area contributed by atoms with E-state index in [0.717, 1.165) is 99.6 Å². The second kappa shape index (κ2) is 25.2. The first kappa shape index (κ1) is 61.0. The van der Waals surface area contributed by atoms with Gasteiger partial charge in [-0.15, -0.1) is 11.3 Å². The fraction of sp³-hybridized carbons (Fsp3) is 0.237. The van der Waals surface area contributed by atoms with Crippen LogP contribution < -0.4 is 14.4 Å². The van der Waals surface area contributed by atoms with Crippen molar-refractivity contribution in [1.82, 2.24) is 0 Å². The van der Waals surface area contributed by atoms with Crippen LogP contribution in [0.25, 0.3) is 28.3 Å². The van der Waals surface area contributed by atoms with E-state index in [0.29, 0.717) is 0 Å². The number of thiophene rings is 1. The van der Waals surface area contributed by atoms with Crippen molar-refractivity contribution >= 4 is 57.2 Å². The molecular weight excluding hydrogens is 1050 g/mol. The molecule has 2 aliphatic carbocycles. The number of nitrogens with zero attached hydrogens (tertiary/aromatic N) is 3. The van der Waals surface area contributed by atoms with Crippen LogP contribution in [-0.4, -0.2) is 25.8 Å². The Morgan fingerprint density at radius 3 is 1.11 bits per heavy atom. The van der Waals surface area contributed by atoms with Gasteiger partial charge in [0.1, 0.15) is 29.2 Å². The van der Waals surface area contributed by atoms with Crippen molar-refractivity contribution in [3.63, 3.8) is 0 Å². The van der Waals surface area contributed by atoms with Gasteiger partial charge in [0.2, 0.25) is 0 Å². The first-order chi connectivity index (χ1) is 39.8. The first-order valence-corrected chi connectivity index (χ1v) is 29.1. The topological polar surface area (TPSA) is 103 Å². The number of allylic oxidation sites excluding steroid dienone is 11. The van der Waals surface area contributed by atoms with E-state index >= 15 is 0 Å². The predicted octanol–water partition coefficient (Wildman–Crippen LogP) is 19.7. The normalized spacial score (nSPS) is 13.6. The lowest BCUT2D eigenvalue weighted by Crippen LogP contribution is -2.28. The average Bonchev–Trinajstić information content (AvgIpc) is 3.49. The molecular formula is C76H75N3O4S. The highest BCUT2D eigenvalue weighted by Gasteiger charge is 2.37. The third kappa shape index (κ3) is 14.0. The summed E-state index contributed by atoms with van der Waals surface area (Å²) in [6, 6.07) is 61.3. The maximum Gasteiger partial charge on any atom is 0.186 e. The molecule has 0 fully saturated rings. The highest BCUT2D eigenvalue weighted by Crippen LogP contribution is 2.47. The van der Waals surface area contributed by atoms with Crippen LogP contribution in [0, 0.1) is 44.3 Å². The summed E-state index contributed by atoms with van der Waals surface area (Å²) < 4.78 is 11.1. The number of carbonyl (C=O) groups is 2. The average molecular weight is 1130 g/mol. The lowest BCUT2D eigenvalue weighted by atomic mass is 9.71. The molecule has 424 valence electrons. The molecule has 0 amide bonds. The number of Topliss-reactive ketones (excluding diaryl/α,β-unsaturated/α-hetero) is 2. The van der Waals surface area contributed by atoms with Gasteiger partial charge in [-0.2, -0.15) is 10.5 Å². The molecule has 7 aromatic rings. The molecule has 1 aromatic heterocycles. The maximum atomic E-state index is 14.0. The number of rotatable bonds is 11. The van der Waals surface area contributed by atoms with Gasteiger partial charge in [-0.1, -0.05) is 180 Å². The van der Waals surface area contributed by atoms with Crippen molar-refractivity contribution in [2.45, 2.75) is 83.1 Å². The molecule has 0 saturated heterocycles. The number of methoxy groups -OCH3 is 2. The summed E-state index contributed by atoms with van der Waals surface area (Å²) in [6.45, 7) is 25.3. The van der Waals surface area contributed by atoms with Crippen LogP contribution in [0.2, 0.25) is 0 Å². The van der Waals surface area contributed by atoms with Crippen LogP contribution in [0.5, 0.6) is 11.5 Å². The highest BCUT2D eigenvalue weighted by molar-refractivity contribution is 7.14. The van der Waals surface area contributed by atoms with Crippen LogP contribution in [0.1, 0.15) is 110 Å². The van der Waals surface area contributed by atoms with Gasteiger partial charge >= 0.3 is 0 Å². The Morgan fingerprint density at radius 1 is 0.429 bits per heavy atom. The molecule has 6 aromatic carbocycles. The molecule has 0 saturated carbocycles. The number of nitriles is 2. The molecule has 7 nitrogen and oxygen atoms in total. The van der Waals surface area contributed by atoms with Crippen molar-refractivity contribution in [2.24, 2.45) is 21.7 Å². The van der Waals surface area contributed by atoms with Gasteiger partial charge < -0.3 is 14.4 Å². The van der Waals surface area contributed by atoms with E-state index < -0.39 is 0 Å². The molecule has 9 rings (SSSR count). The van der Waals surface area contributed by atoms with Gasteiger partial charge in [-0.3, -0.25) is 9.59 Å². The van der Waals surface area contributed by atoms with Crippen molar-refractivity contribution in [1.29, 1.82) is 10.5 Å². The lowest BCUT2D eigenvalue weighted by Gasteiger charge is -2.32. The number of carbonyl (C=O) groups excluding carboxylic acids is 2. The maximum absolute atomic E-state index is 14.0. The van der Waals surface area contributed by atoms with E-state index in [9.17, 15) is 9.59 Å². The molecule has 84 heavy (non-hydrogen) atoms. The monoisotopic (exact) mass is 1130 g/mol. The zero-order valence-corrected chi connectivity index (χ0v) is 51.8. The SMILES string of the molecule is COc1ccc(C(=C2C=C(C(C)(C)C)C(=O)C(C(C)(C)C)=C2)c2ccc(C(=C3C=C(C(C)(C)C)C(=O)C(C(C)(C)C)=C3)c3ccc(OC)cc3)s2)cc1.N#CC(C#N)=Cc1ccc(N(c2ccccc2)c2ccc(-c3ccccc3)cc2)cc1. The number of anilines is 3. The summed E-state index contributed by atoms with van der Waals surface area (Å²) in [5.74, 6) is 1.77. The van der Waals surface area contributed by atoms with E-state index in [-0.39, 0.29) is 38.8 Å². The molecule has 0 spiro atoms. The summed E-state index contributed by atoms with van der Waals surface area (Å²) in [5, 5.41) is 18.0. The Balaban J connectivity index is 0.000000251. The van der Waals surface area contributed by atoms with Crippen LogP contribution in [0.4, 0.5) is 17.1 Å². The van der Waals surface area contributed by atoms with Gasteiger partial charge in [0.05, 0.1) is 14.2 Å². The summed E-state index contributed by atoms with van der Waals surface area (Å²) in [5.41, 5.74) is 14.3. The van der Waals surface area contributed by atoms with Crippen molar-refractivity contribution < 1.29 is 19.1 Å². The number of hydrogen-bond acceptors (Lipinski definition) is 8. The molecule has 2 aliphatic rings. The van der Waals surface area contributed by atoms with E-state index in [1.54, 1.807) is 31.6 Å². The van der Waals surface area contributed by atoms with E-state index in [1.165, 1.54) is 11.1 Å². The number of benzene rings is 6. The number of ketones is 2. The number of ether oxygens (including phenoxy) is 2. The molecule has 1 heterocycles. The molecule has 8 heteroatoms. The summed E-state index contributed by atoms with van der Waals surface area (Å²) >= 11 is 1.72. The Kier molecular flexibility index (Phi) is 18.3. The lowest BCUT2D eigenvalue weighted by molar-refractivity contribution is -0.114. The molecule has 0 N–H and O–H groups in total. The molecule has 0 atom stereocenters. The zero-order chi connectivity index (χ0) is 60.7. The fourth-order valence-electron chi connectivity index (χ4n) is 10.2. The third-order valence-electron chi connectivity index (χ3n) is 14.8. The largest absolute Gasteiger partial charge is 0.497 e. The highest BCUT2D eigenvalue weighted by atomic mass is 32.1. The van der Waals surface area contributed by atoms with E-state index in [4.69, 9.17) is 20.0 Å². The second-order valence-corrected chi connectivity index (χ2v) is 26.2. The van der Waals surface area contributed by atoms with Gasteiger partial charge in [0, 0.05) is 60.3 Å². The zero-order valence-electron chi connectivity index (χ0n) is 50.9. The van der Waals surface area contributed by atoms with Gasteiger partial charge in [0.25, 0.3) is 0 Å². The van der Waals surface area contributed by atoms with Crippen molar-refractivity contribution in [2.75, 3.05) is 19.1 Å². The Bertz CT molecular complexity index is 3640. The van der Waals surface area contributed by atoms with Crippen LogP contribution in [0.15, 0.2) is 233 Å². The van der Waals surface area contributed by atoms with E-state index in [2.05, 4.69) is 197 Å². The minimum Gasteiger partial charge on any atom is -0.497 e. The van der Waals surface area contributed by atoms with Gasteiger partial charge in [-0.25, -0.2) is 0 Å². The fourth-order valence-corrected chi connectivity index (χ4v) is 11.4. The van der Waals surface area contributed by atoms with Crippen LogP contribution in [0.3, 0.4) is 0 Å². The number of hydrogen-bond donors (Lipinski definition) is 0. The van der Waals surface area contributed by atoms with Gasteiger partial charge in [0.15, 0.2) is 11.6 Å². The van der Waals surface area contributed by atoms with Crippen LogP contribution >= 0.6 is 11.3 Å². The van der Waals surface area contributed by atoms with Crippen LogP contribution in [-0.2, 0) is 9.59 Å². The minimum absolute atomic E-state index is 0.0872. The Labute approximate surface area is 502 Å². The third-order valence-corrected chi connectivity index (χ3v) is 15.9.